The van der Waals surface area contributed by atoms with E-state index < -0.39 is 11.7 Å². The van der Waals surface area contributed by atoms with Gasteiger partial charge in [0.05, 0.1) is 5.69 Å². The lowest BCUT2D eigenvalue weighted by Gasteiger charge is -2.05. The molecular weight excluding hydrogens is 184 g/mol. The number of aromatic carboxylic acids is 1. The molecule has 1 aliphatic rings. The summed E-state index contributed by atoms with van der Waals surface area (Å²) < 4.78 is 0. The van der Waals surface area contributed by atoms with E-state index in [1.807, 2.05) is 0 Å². The minimum Gasteiger partial charge on any atom is -0.478 e. The highest BCUT2D eigenvalue weighted by atomic mass is 16.4. The highest BCUT2D eigenvalue weighted by Crippen LogP contribution is 2.40. The molecule has 0 saturated heterocycles. The second-order valence-electron chi connectivity index (χ2n) is 3.51. The summed E-state index contributed by atoms with van der Waals surface area (Å²) >= 11 is 0. The number of carbonyl (C=O) groups is 1. The number of hydrogen-bond donors (Lipinski definition) is 2. The van der Waals surface area contributed by atoms with Crippen LogP contribution in [0.3, 0.4) is 0 Å². The number of rotatable bonds is 2. The van der Waals surface area contributed by atoms with Gasteiger partial charge in [0.2, 0.25) is 0 Å². The average molecular weight is 194 g/mol. The fraction of sp³-hybridized carbons (Fsp3) is 0.444. The Kier molecular flexibility index (Phi) is 1.87. The van der Waals surface area contributed by atoms with E-state index in [0.29, 0.717) is 11.4 Å². The molecule has 0 radical (unpaired) electrons. The van der Waals surface area contributed by atoms with Gasteiger partial charge in [-0.25, -0.2) is 9.59 Å². The first-order chi connectivity index (χ1) is 6.59. The molecule has 2 rings (SSSR count). The highest BCUT2D eigenvalue weighted by Gasteiger charge is 2.31. The summed E-state index contributed by atoms with van der Waals surface area (Å²) in [6.45, 7) is 1.58. The number of aromatic amines is 1. The van der Waals surface area contributed by atoms with Crippen LogP contribution in [0.5, 0.6) is 0 Å². The summed E-state index contributed by atoms with van der Waals surface area (Å²) in [7, 11) is 0. The minimum absolute atomic E-state index is 0.159. The van der Waals surface area contributed by atoms with Crippen molar-refractivity contribution in [2.24, 2.45) is 0 Å². The van der Waals surface area contributed by atoms with Crippen molar-refractivity contribution in [2.75, 3.05) is 0 Å². The van der Waals surface area contributed by atoms with Crippen molar-refractivity contribution in [2.45, 2.75) is 25.7 Å². The zero-order valence-electron chi connectivity index (χ0n) is 7.70. The molecule has 0 unspecified atom stereocenters. The molecule has 74 valence electrons. The maximum Gasteiger partial charge on any atom is 0.345 e. The zero-order valence-corrected chi connectivity index (χ0v) is 7.70. The van der Waals surface area contributed by atoms with Crippen LogP contribution in [0.1, 0.15) is 40.5 Å². The SMILES string of the molecule is Cc1[nH]c(=O)nc(C2CC2)c1C(=O)O. The molecule has 5 nitrogen and oxygen atoms in total. The number of nitrogens with one attached hydrogen (secondary N) is 1. The predicted molar refractivity (Wildman–Crippen MR) is 48.5 cm³/mol. The first kappa shape index (κ1) is 8.93. The van der Waals surface area contributed by atoms with E-state index in [-0.39, 0.29) is 11.5 Å². The molecule has 14 heavy (non-hydrogen) atoms. The van der Waals surface area contributed by atoms with Gasteiger partial charge in [0.25, 0.3) is 0 Å². The van der Waals surface area contributed by atoms with Gasteiger partial charge in [0.1, 0.15) is 5.56 Å². The maximum atomic E-state index is 11.1. The second-order valence-corrected chi connectivity index (χ2v) is 3.51. The Labute approximate surface area is 79.8 Å². The van der Waals surface area contributed by atoms with Gasteiger partial charge in [0, 0.05) is 11.6 Å². The van der Waals surface area contributed by atoms with Crippen LogP contribution in [-0.4, -0.2) is 21.0 Å². The third-order valence-electron chi connectivity index (χ3n) is 2.33. The van der Waals surface area contributed by atoms with Crippen LogP contribution < -0.4 is 5.69 Å². The molecule has 0 aromatic carbocycles. The molecule has 1 heterocycles. The fourth-order valence-electron chi connectivity index (χ4n) is 1.53. The molecule has 1 fully saturated rings. The fourth-order valence-corrected chi connectivity index (χ4v) is 1.53. The van der Waals surface area contributed by atoms with Crippen molar-refractivity contribution >= 4 is 5.97 Å². The highest BCUT2D eigenvalue weighted by molar-refractivity contribution is 5.90. The van der Waals surface area contributed by atoms with Gasteiger partial charge in [-0.1, -0.05) is 0 Å². The van der Waals surface area contributed by atoms with Gasteiger partial charge in [-0.05, 0) is 19.8 Å². The standard InChI is InChI=1S/C9H10N2O3/c1-4-6(8(12)13)7(5-2-3-5)11-9(14)10-4/h5H,2-3H2,1H3,(H,12,13)(H,10,11,14). The zero-order chi connectivity index (χ0) is 10.3. The maximum absolute atomic E-state index is 11.1. The number of hydrogen-bond acceptors (Lipinski definition) is 3. The Balaban J connectivity index is 2.64. The van der Waals surface area contributed by atoms with Gasteiger partial charge in [-0.3, -0.25) is 0 Å². The molecule has 1 aliphatic carbocycles. The number of H-pyrrole nitrogens is 1. The van der Waals surface area contributed by atoms with Gasteiger partial charge >= 0.3 is 11.7 Å². The van der Waals surface area contributed by atoms with Crippen LogP contribution in [0.25, 0.3) is 0 Å². The Morgan fingerprint density at radius 2 is 2.21 bits per heavy atom. The third-order valence-corrected chi connectivity index (χ3v) is 2.33. The number of aromatic nitrogens is 2. The molecule has 1 saturated carbocycles. The molecule has 2 N–H and O–H groups in total. The molecule has 0 bridgehead atoms. The van der Waals surface area contributed by atoms with Crippen molar-refractivity contribution in [3.8, 4) is 0 Å². The quantitative estimate of drug-likeness (QED) is 0.724. The van der Waals surface area contributed by atoms with Crippen LogP contribution in [-0.2, 0) is 0 Å². The Morgan fingerprint density at radius 3 is 2.71 bits per heavy atom. The number of aryl methyl sites for hydroxylation is 1. The summed E-state index contributed by atoms with van der Waals surface area (Å²) in [5.41, 5.74) is 0.527. The first-order valence-corrected chi connectivity index (χ1v) is 4.43. The summed E-state index contributed by atoms with van der Waals surface area (Å²) in [5.74, 6) is -0.852. The molecular formula is C9H10N2O3. The van der Waals surface area contributed by atoms with Gasteiger partial charge < -0.3 is 10.1 Å². The lowest BCUT2D eigenvalue weighted by Crippen LogP contribution is -2.19. The molecule has 0 atom stereocenters. The summed E-state index contributed by atoms with van der Waals surface area (Å²) in [5, 5.41) is 8.95. The van der Waals surface area contributed by atoms with Crippen LogP contribution >= 0.6 is 0 Å². The van der Waals surface area contributed by atoms with Crippen LogP contribution in [0.15, 0.2) is 4.79 Å². The van der Waals surface area contributed by atoms with Crippen LogP contribution in [0.2, 0.25) is 0 Å². The Hall–Kier alpha value is -1.65. The van der Waals surface area contributed by atoms with Crippen molar-refractivity contribution in [3.05, 3.63) is 27.4 Å². The molecule has 0 amide bonds. The number of carboxylic acids is 1. The minimum atomic E-state index is -1.02. The molecule has 1 aromatic rings. The smallest absolute Gasteiger partial charge is 0.345 e. The van der Waals surface area contributed by atoms with Gasteiger partial charge in [0.15, 0.2) is 0 Å². The summed E-state index contributed by atoms with van der Waals surface area (Å²) in [6, 6.07) is 0. The summed E-state index contributed by atoms with van der Waals surface area (Å²) in [6.07, 6.45) is 1.85. The summed E-state index contributed by atoms with van der Waals surface area (Å²) in [4.78, 5) is 28.1. The lowest BCUT2D eigenvalue weighted by molar-refractivity contribution is 0.0693. The van der Waals surface area contributed by atoms with Crippen molar-refractivity contribution in [1.29, 1.82) is 0 Å². The largest absolute Gasteiger partial charge is 0.478 e. The van der Waals surface area contributed by atoms with Crippen molar-refractivity contribution in [1.82, 2.24) is 9.97 Å². The van der Waals surface area contributed by atoms with E-state index >= 15 is 0 Å². The van der Waals surface area contributed by atoms with E-state index in [1.165, 1.54) is 0 Å². The Morgan fingerprint density at radius 1 is 1.57 bits per heavy atom. The molecule has 0 aliphatic heterocycles. The topological polar surface area (TPSA) is 83.0 Å². The Bertz CT molecular complexity index is 446. The molecule has 1 aromatic heterocycles. The number of carboxylic acid groups (broad SMARTS) is 1. The van der Waals surface area contributed by atoms with Crippen molar-refractivity contribution in [3.63, 3.8) is 0 Å². The van der Waals surface area contributed by atoms with E-state index in [9.17, 15) is 9.59 Å². The van der Waals surface area contributed by atoms with E-state index in [1.54, 1.807) is 6.92 Å². The van der Waals surface area contributed by atoms with E-state index in [4.69, 9.17) is 5.11 Å². The molecule has 5 heteroatoms. The lowest BCUT2D eigenvalue weighted by atomic mass is 10.1. The third kappa shape index (κ3) is 1.41. The number of nitrogens with zero attached hydrogens (tertiary/aromatic N) is 1. The first-order valence-electron chi connectivity index (χ1n) is 4.43. The monoisotopic (exact) mass is 194 g/mol. The molecule has 0 spiro atoms. The average Bonchev–Trinajstić information content (AvgIpc) is 2.82. The normalized spacial score (nSPS) is 15.5. The van der Waals surface area contributed by atoms with Gasteiger partial charge in [-0.15, -0.1) is 0 Å². The predicted octanol–water partition coefficient (Wildman–Crippen LogP) is 0.654. The van der Waals surface area contributed by atoms with Crippen LogP contribution in [0, 0.1) is 6.92 Å². The van der Waals surface area contributed by atoms with E-state index in [2.05, 4.69) is 9.97 Å². The van der Waals surface area contributed by atoms with E-state index in [0.717, 1.165) is 12.8 Å². The van der Waals surface area contributed by atoms with Crippen molar-refractivity contribution < 1.29 is 9.90 Å². The van der Waals surface area contributed by atoms with Crippen LogP contribution in [0.4, 0.5) is 0 Å². The van der Waals surface area contributed by atoms with Gasteiger partial charge in [-0.2, -0.15) is 4.98 Å². The second kappa shape index (κ2) is 2.94.